The Labute approximate surface area is 108 Å². The highest BCUT2D eigenvalue weighted by Crippen LogP contribution is 2.41. The van der Waals surface area contributed by atoms with Gasteiger partial charge in [-0.1, -0.05) is 11.3 Å². The summed E-state index contributed by atoms with van der Waals surface area (Å²) in [5.74, 6) is -0.375. The minimum Gasteiger partial charge on any atom is -0.481 e. The second-order valence-corrected chi connectivity index (χ2v) is 5.61. The summed E-state index contributed by atoms with van der Waals surface area (Å²) in [5.41, 5.74) is 0. The van der Waals surface area contributed by atoms with Gasteiger partial charge in [-0.25, -0.2) is 0 Å². The first-order chi connectivity index (χ1) is 8.54. The molecule has 1 heterocycles. The Morgan fingerprint density at radius 3 is 2.89 bits per heavy atom. The predicted molar refractivity (Wildman–Crippen MR) is 66.5 cm³/mol. The van der Waals surface area contributed by atoms with Crippen molar-refractivity contribution >= 4 is 28.3 Å². The van der Waals surface area contributed by atoms with Gasteiger partial charge in [0, 0.05) is 19.3 Å². The highest BCUT2D eigenvalue weighted by Gasteiger charge is 2.29. The molecule has 1 aliphatic carbocycles. The number of nitrogens with zero attached hydrogens (tertiary/aromatic N) is 2. The monoisotopic (exact) mass is 269 g/mol. The molecular weight excluding hydrogens is 254 g/mol. The number of hydrogen-bond donors (Lipinski definition) is 2. The number of amides is 1. The van der Waals surface area contributed by atoms with Crippen molar-refractivity contribution in [2.75, 3.05) is 5.32 Å². The topological polar surface area (TPSA) is 92.2 Å². The van der Waals surface area contributed by atoms with Gasteiger partial charge in [0.15, 0.2) is 0 Å². The van der Waals surface area contributed by atoms with Crippen molar-refractivity contribution in [1.29, 1.82) is 0 Å². The van der Waals surface area contributed by atoms with Crippen LogP contribution >= 0.6 is 11.3 Å². The number of carbonyl (C=O) groups is 2. The van der Waals surface area contributed by atoms with Crippen molar-refractivity contribution in [3.63, 3.8) is 0 Å². The van der Waals surface area contributed by atoms with Crippen molar-refractivity contribution in [1.82, 2.24) is 10.2 Å². The lowest BCUT2D eigenvalue weighted by molar-refractivity contribution is -0.138. The molecule has 6 nitrogen and oxygen atoms in total. The fourth-order valence-electron chi connectivity index (χ4n) is 2.33. The number of carboxylic acids is 1. The zero-order valence-electron chi connectivity index (χ0n) is 10.0. The van der Waals surface area contributed by atoms with Crippen LogP contribution in [0.15, 0.2) is 0 Å². The standard InChI is InChI=1S/C11H15N3O3S/c1-6(15)12-11-14-13-10(18-11)8-3-2-7(4-8)5-9(16)17/h7-8H,2-5H2,1H3,(H,16,17)(H,12,14,15)/t7-,8+/m1/s1. The van der Waals surface area contributed by atoms with E-state index in [4.69, 9.17) is 5.11 Å². The summed E-state index contributed by atoms with van der Waals surface area (Å²) in [6, 6.07) is 0. The van der Waals surface area contributed by atoms with Crippen LogP contribution in [-0.2, 0) is 9.59 Å². The maximum Gasteiger partial charge on any atom is 0.303 e. The number of carbonyl (C=O) groups excluding carboxylic acids is 1. The molecule has 1 fully saturated rings. The van der Waals surface area contributed by atoms with Gasteiger partial charge in [-0.05, 0) is 25.2 Å². The summed E-state index contributed by atoms with van der Waals surface area (Å²) in [5, 5.41) is 20.8. The second-order valence-electron chi connectivity index (χ2n) is 4.60. The first-order valence-electron chi connectivity index (χ1n) is 5.87. The molecule has 98 valence electrons. The number of carboxylic acid groups (broad SMARTS) is 1. The van der Waals surface area contributed by atoms with Gasteiger partial charge in [0.2, 0.25) is 11.0 Å². The van der Waals surface area contributed by atoms with E-state index in [0.29, 0.717) is 5.13 Å². The Hall–Kier alpha value is -1.50. The summed E-state index contributed by atoms with van der Waals surface area (Å²) in [6.45, 7) is 1.43. The van der Waals surface area contributed by atoms with Crippen LogP contribution < -0.4 is 5.32 Å². The lowest BCUT2D eigenvalue weighted by atomic mass is 10.0. The number of anilines is 1. The van der Waals surface area contributed by atoms with E-state index < -0.39 is 5.97 Å². The van der Waals surface area contributed by atoms with Crippen LogP contribution in [0.1, 0.15) is 43.5 Å². The zero-order chi connectivity index (χ0) is 13.1. The molecule has 2 atom stereocenters. The molecule has 0 aliphatic heterocycles. The summed E-state index contributed by atoms with van der Waals surface area (Å²) in [4.78, 5) is 21.5. The number of nitrogens with one attached hydrogen (secondary N) is 1. The van der Waals surface area contributed by atoms with Crippen LogP contribution in [0.4, 0.5) is 5.13 Å². The van der Waals surface area contributed by atoms with Crippen LogP contribution in [0.5, 0.6) is 0 Å². The zero-order valence-corrected chi connectivity index (χ0v) is 10.9. The number of hydrogen-bond acceptors (Lipinski definition) is 5. The van der Waals surface area contributed by atoms with Crippen molar-refractivity contribution in [2.24, 2.45) is 5.92 Å². The Balaban J connectivity index is 1.94. The van der Waals surface area contributed by atoms with E-state index in [1.54, 1.807) is 0 Å². The number of rotatable bonds is 4. The average Bonchev–Trinajstić information content (AvgIpc) is 2.85. The van der Waals surface area contributed by atoms with Crippen LogP contribution in [0, 0.1) is 5.92 Å². The lowest BCUT2D eigenvalue weighted by Gasteiger charge is -2.05. The third kappa shape index (κ3) is 3.25. The van der Waals surface area contributed by atoms with Gasteiger partial charge < -0.3 is 10.4 Å². The number of aromatic nitrogens is 2. The minimum absolute atomic E-state index is 0.159. The van der Waals surface area contributed by atoms with Crippen molar-refractivity contribution < 1.29 is 14.7 Å². The van der Waals surface area contributed by atoms with Crippen LogP contribution in [0.2, 0.25) is 0 Å². The third-order valence-electron chi connectivity index (χ3n) is 3.08. The molecule has 0 radical (unpaired) electrons. The molecular formula is C11H15N3O3S. The van der Waals surface area contributed by atoms with Crippen LogP contribution in [0.3, 0.4) is 0 Å². The van der Waals surface area contributed by atoms with Gasteiger partial charge in [0.25, 0.3) is 0 Å². The van der Waals surface area contributed by atoms with E-state index in [9.17, 15) is 9.59 Å². The smallest absolute Gasteiger partial charge is 0.303 e. The predicted octanol–water partition coefficient (Wildman–Crippen LogP) is 1.85. The Bertz CT molecular complexity index is 460. The maximum absolute atomic E-state index is 10.9. The van der Waals surface area contributed by atoms with Crippen LogP contribution in [-0.4, -0.2) is 27.2 Å². The van der Waals surface area contributed by atoms with Gasteiger partial charge in [0.1, 0.15) is 5.01 Å². The minimum atomic E-state index is -0.739. The molecule has 2 rings (SSSR count). The largest absolute Gasteiger partial charge is 0.481 e. The fraction of sp³-hybridized carbons (Fsp3) is 0.636. The van der Waals surface area contributed by atoms with Crippen molar-refractivity contribution in [2.45, 2.75) is 38.5 Å². The first kappa shape index (κ1) is 12.9. The van der Waals surface area contributed by atoms with Gasteiger partial charge in [-0.15, -0.1) is 10.2 Å². The van der Waals surface area contributed by atoms with Gasteiger partial charge in [0.05, 0.1) is 0 Å². The Kier molecular flexibility index (Phi) is 3.90. The number of aliphatic carboxylic acids is 1. The van der Waals surface area contributed by atoms with E-state index >= 15 is 0 Å². The highest BCUT2D eigenvalue weighted by atomic mass is 32.1. The molecule has 1 aliphatic rings. The van der Waals surface area contributed by atoms with E-state index in [1.807, 2.05) is 0 Å². The maximum atomic E-state index is 10.9. The molecule has 2 N–H and O–H groups in total. The Morgan fingerprint density at radius 2 is 2.22 bits per heavy atom. The molecule has 0 spiro atoms. The second kappa shape index (κ2) is 5.43. The van der Waals surface area contributed by atoms with E-state index in [1.165, 1.54) is 18.3 Å². The van der Waals surface area contributed by atoms with Crippen LogP contribution in [0.25, 0.3) is 0 Å². The third-order valence-corrected chi connectivity index (χ3v) is 4.08. The normalized spacial score (nSPS) is 22.9. The first-order valence-corrected chi connectivity index (χ1v) is 6.69. The average molecular weight is 269 g/mol. The molecule has 7 heteroatoms. The van der Waals surface area contributed by atoms with E-state index in [-0.39, 0.29) is 24.2 Å². The molecule has 1 aromatic rings. The van der Waals surface area contributed by atoms with Crippen molar-refractivity contribution in [3.8, 4) is 0 Å². The summed E-state index contributed by atoms with van der Waals surface area (Å²) < 4.78 is 0. The summed E-state index contributed by atoms with van der Waals surface area (Å²) in [7, 11) is 0. The fourth-order valence-corrected chi connectivity index (χ4v) is 3.27. The molecule has 1 aromatic heterocycles. The molecule has 0 unspecified atom stereocenters. The SMILES string of the molecule is CC(=O)Nc1nnc([C@H]2CC[C@@H](CC(=O)O)C2)s1. The summed E-state index contributed by atoms with van der Waals surface area (Å²) >= 11 is 1.38. The summed E-state index contributed by atoms with van der Waals surface area (Å²) in [6.07, 6.45) is 2.95. The van der Waals surface area contributed by atoms with Gasteiger partial charge >= 0.3 is 5.97 Å². The molecule has 1 saturated carbocycles. The van der Waals surface area contributed by atoms with Gasteiger partial charge in [-0.3, -0.25) is 9.59 Å². The lowest BCUT2D eigenvalue weighted by Crippen LogP contribution is -2.04. The molecule has 0 bridgehead atoms. The Morgan fingerprint density at radius 1 is 1.44 bits per heavy atom. The van der Waals surface area contributed by atoms with Gasteiger partial charge in [-0.2, -0.15) is 0 Å². The van der Waals surface area contributed by atoms with E-state index in [0.717, 1.165) is 24.3 Å². The molecule has 1 amide bonds. The van der Waals surface area contributed by atoms with Crippen molar-refractivity contribution in [3.05, 3.63) is 5.01 Å². The molecule has 0 aromatic carbocycles. The van der Waals surface area contributed by atoms with E-state index in [2.05, 4.69) is 15.5 Å². The highest BCUT2D eigenvalue weighted by molar-refractivity contribution is 7.15. The quantitative estimate of drug-likeness (QED) is 0.870. The molecule has 0 saturated heterocycles. The molecule has 18 heavy (non-hydrogen) atoms.